The topological polar surface area (TPSA) is 75.2 Å². The minimum atomic E-state index is -0.239. The number of hydrogen-bond acceptors (Lipinski definition) is 4. The molecule has 0 unspecified atom stereocenters. The Morgan fingerprint density at radius 2 is 1.92 bits per heavy atom. The van der Waals surface area contributed by atoms with E-state index in [0.717, 1.165) is 12.8 Å². The van der Waals surface area contributed by atoms with Crippen molar-refractivity contribution in [2.24, 2.45) is 4.99 Å². The lowest BCUT2D eigenvalue weighted by atomic mass is 9.94. The molecule has 1 rings (SSSR count). The second-order valence-electron chi connectivity index (χ2n) is 7.05. The molecule has 0 aromatic rings. The smallest absolute Gasteiger partial charge is 0.240 e. The number of hydrogen-bond donors (Lipinski definition) is 2. The lowest BCUT2D eigenvalue weighted by Gasteiger charge is -2.37. The third kappa shape index (κ3) is 7.98. The van der Waals surface area contributed by atoms with Crippen LogP contribution in [0.3, 0.4) is 0 Å². The maximum atomic E-state index is 12.0. The van der Waals surface area contributed by atoms with Crippen LogP contribution in [-0.4, -0.2) is 75.4 Å². The summed E-state index contributed by atoms with van der Waals surface area (Å²) in [4.78, 5) is 18.1. The highest BCUT2D eigenvalue weighted by atomic mass is 127. The average Bonchev–Trinajstić information content (AvgIpc) is 2.46. The first-order valence-corrected chi connectivity index (χ1v) is 8.07. The Morgan fingerprint density at radius 3 is 2.38 bits per heavy atom. The van der Waals surface area contributed by atoms with Crippen molar-refractivity contribution in [1.82, 2.24) is 15.5 Å². The predicted octanol–water partition coefficient (Wildman–Crippen LogP) is 1.22. The van der Waals surface area contributed by atoms with Crippen molar-refractivity contribution >= 4 is 35.8 Å². The van der Waals surface area contributed by atoms with Gasteiger partial charge in [0.2, 0.25) is 5.91 Å². The molecule has 1 amide bonds. The number of guanidine groups is 1. The van der Waals surface area contributed by atoms with Gasteiger partial charge in [0.15, 0.2) is 5.96 Å². The number of halogens is 1. The van der Waals surface area contributed by atoms with Crippen LogP contribution in [0, 0.1) is 0 Å². The van der Waals surface area contributed by atoms with E-state index >= 15 is 0 Å². The van der Waals surface area contributed by atoms with E-state index in [1.807, 2.05) is 32.7 Å². The maximum absolute atomic E-state index is 12.0. The van der Waals surface area contributed by atoms with E-state index < -0.39 is 0 Å². The summed E-state index contributed by atoms with van der Waals surface area (Å²) < 4.78 is 11.1. The monoisotopic (exact) mass is 456 g/mol. The van der Waals surface area contributed by atoms with Gasteiger partial charge in [0, 0.05) is 59.3 Å². The van der Waals surface area contributed by atoms with Crippen molar-refractivity contribution in [3.8, 4) is 0 Å². The summed E-state index contributed by atoms with van der Waals surface area (Å²) in [6.07, 6.45) is 1.70. The Balaban J connectivity index is 0.00000529. The summed E-state index contributed by atoms with van der Waals surface area (Å²) in [5, 5.41) is 6.26. The molecule has 8 heteroatoms. The van der Waals surface area contributed by atoms with Gasteiger partial charge in [-0.15, -0.1) is 24.0 Å². The lowest BCUT2D eigenvalue weighted by Crippen LogP contribution is -2.53. The largest absolute Gasteiger partial charge is 0.381 e. The van der Waals surface area contributed by atoms with Gasteiger partial charge in [0.25, 0.3) is 0 Å². The molecule has 0 aliphatic carbocycles. The van der Waals surface area contributed by atoms with Crippen LogP contribution in [0.25, 0.3) is 0 Å². The van der Waals surface area contributed by atoms with Crippen molar-refractivity contribution in [3.05, 3.63) is 0 Å². The second-order valence-corrected chi connectivity index (χ2v) is 7.05. The minimum Gasteiger partial charge on any atom is -0.381 e. The summed E-state index contributed by atoms with van der Waals surface area (Å²) in [6, 6.07) is 0. The summed E-state index contributed by atoms with van der Waals surface area (Å²) in [5.74, 6) is 0.646. The molecule has 24 heavy (non-hydrogen) atoms. The number of ether oxygens (including phenoxy) is 2. The third-order valence-corrected chi connectivity index (χ3v) is 3.87. The van der Waals surface area contributed by atoms with Crippen LogP contribution in [0.2, 0.25) is 0 Å². The van der Waals surface area contributed by atoms with E-state index in [2.05, 4.69) is 15.6 Å². The number of carbonyl (C=O) groups excluding carboxylic acids is 1. The van der Waals surface area contributed by atoms with Gasteiger partial charge in [-0.2, -0.15) is 0 Å². The number of rotatable bonds is 5. The standard InChI is InChI=1S/C16H32N4O3.HI/c1-15(2,3)19-13(21)11-20(5)14(17-4)18-12-16(22-6)7-9-23-10-8-16;/h7-12H2,1-6H3,(H,17,18)(H,19,21);1H. The second kappa shape index (κ2) is 10.4. The van der Waals surface area contributed by atoms with Crippen molar-refractivity contribution in [2.75, 3.05) is 47.5 Å². The average molecular weight is 456 g/mol. The van der Waals surface area contributed by atoms with Crippen molar-refractivity contribution in [3.63, 3.8) is 0 Å². The first kappa shape index (κ1) is 23.4. The van der Waals surface area contributed by atoms with E-state index in [9.17, 15) is 4.79 Å². The molecule has 0 saturated carbocycles. The van der Waals surface area contributed by atoms with Crippen LogP contribution >= 0.6 is 24.0 Å². The quantitative estimate of drug-likeness (QED) is 0.370. The van der Waals surface area contributed by atoms with Crippen molar-refractivity contribution in [2.45, 2.75) is 44.8 Å². The fourth-order valence-corrected chi connectivity index (χ4v) is 2.57. The summed E-state index contributed by atoms with van der Waals surface area (Å²) in [7, 11) is 5.29. The number of carbonyl (C=O) groups is 1. The molecular formula is C16H33IN4O3. The van der Waals surface area contributed by atoms with Gasteiger partial charge in [-0.3, -0.25) is 9.79 Å². The molecule has 7 nitrogen and oxygen atoms in total. The van der Waals surface area contributed by atoms with Crippen molar-refractivity contribution < 1.29 is 14.3 Å². The highest BCUT2D eigenvalue weighted by Crippen LogP contribution is 2.23. The van der Waals surface area contributed by atoms with Gasteiger partial charge in [-0.1, -0.05) is 0 Å². The van der Waals surface area contributed by atoms with Crippen molar-refractivity contribution in [1.29, 1.82) is 0 Å². The molecule has 0 bridgehead atoms. The molecule has 2 N–H and O–H groups in total. The number of amides is 1. The fourth-order valence-electron chi connectivity index (χ4n) is 2.57. The number of aliphatic imine (C=N–C) groups is 1. The Hall–Kier alpha value is -0.610. The Kier molecular flexibility index (Phi) is 10.1. The van der Waals surface area contributed by atoms with Crippen LogP contribution in [0.15, 0.2) is 4.99 Å². The third-order valence-electron chi connectivity index (χ3n) is 3.87. The molecule has 1 aliphatic heterocycles. The molecule has 0 spiro atoms. The van der Waals surface area contributed by atoms with Gasteiger partial charge < -0.3 is 25.0 Å². The normalized spacial score (nSPS) is 17.7. The Labute approximate surface area is 162 Å². The minimum absolute atomic E-state index is 0. The summed E-state index contributed by atoms with van der Waals surface area (Å²) in [6.45, 7) is 8.20. The highest BCUT2D eigenvalue weighted by molar-refractivity contribution is 14.0. The Bertz CT molecular complexity index is 418. The summed E-state index contributed by atoms with van der Waals surface area (Å²) >= 11 is 0. The molecule has 142 valence electrons. The fraction of sp³-hybridized carbons (Fsp3) is 0.875. The van der Waals surface area contributed by atoms with Crippen LogP contribution in [0.5, 0.6) is 0 Å². The van der Waals surface area contributed by atoms with E-state index in [1.54, 1.807) is 14.2 Å². The zero-order valence-corrected chi connectivity index (χ0v) is 18.1. The van der Waals surface area contributed by atoms with Crippen LogP contribution in [-0.2, 0) is 14.3 Å². The molecule has 1 saturated heterocycles. The SMILES string of the molecule is CN=C(NCC1(OC)CCOCC1)N(C)CC(=O)NC(C)(C)C.I. The molecule has 1 heterocycles. The van der Waals surface area contributed by atoms with E-state index in [1.165, 1.54) is 0 Å². The van der Waals surface area contributed by atoms with E-state index in [0.29, 0.717) is 25.7 Å². The molecule has 1 aliphatic rings. The van der Waals surface area contributed by atoms with Gasteiger partial charge >= 0.3 is 0 Å². The highest BCUT2D eigenvalue weighted by Gasteiger charge is 2.33. The van der Waals surface area contributed by atoms with Crippen LogP contribution in [0.4, 0.5) is 0 Å². The molecule has 0 aromatic carbocycles. The predicted molar refractivity (Wildman–Crippen MR) is 107 cm³/mol. The van der Waals surface area contributed by atoms with Crippen LogP contribution < -0.4 is 10.6 Å². The van der Waals surface area contributed by atoms with Gasteiger partial charge in [-0.25, -0.2) is 0 Å². The van der Waals surface area contributed by atoms with Crippen LogP contribution in [0.1, 0.15) is 33.6 Å². The number of methoxy groups -OCH3 is 1. The molecule has 1 fully saturated rings. The van der Waals surface area contributed by atoms with E-state index in [4.69, 9.17) is 9.47 Å². The first-order valence-electron chi connectivity index (χ1n) is 8.07. The zero-order chi connectivity index (χ0) is 17.5. The Morgan fingerprint density at radius 1 is 1.33 bits per heavy atom. The number of likely N-dealkylation sites (N-methyl/N-ethyl adjacent to an activating group) is 1. The number of nitrogens with one attached hydrogen (secondary N) is 2. The van der Waals surface area contributed by atoms with Gasteiger partial charge in [0.05, 0.1) is 12.1 Å². The first-order chi connectivity index (χ1) is 10.7. The van der Waals surface area contributed by atoms with E-state index in [-0.39, 0.29) is 47.6 Å². The van der Waals surface area contributed by atoms with Gasteiger partial charge in [-0.05, 0) is 20.8 Å². The zero-order valence-electron chi connectivity index (χ0n) is 15.8. The summed E-state index contributed by atoms with van der Waals surface area (Å²) in [5.41, 5.74) is -0.472. The molecule has 0 atom stereocenters. The number of nitrogens with zero attached hydrogens (tertiary/aromatic N) is 2. The lowest BCUT2D eigenvalue weighted by molar-refractivity contribution is -0.122. The molecule has 0 aromatic heterocycles. The molecule has 0 radical (unpaired) electrons. The maximum Gasteiger partial charge on any atom is 0.240 e. The molecular weight excluding hydrogens is 423 g/mol. The van der Waals surface area contributed by atoms with Gasteiger partial charge in [0.1, 0.15) is 0 Å².